The molecule has 36 heteroatoms. The number of nitrogens with one attached hydrogen (secondary N) is 1. The van der Waals surface area contributed by atoms with Crippen LogP contribution in [0.25, 0.3) is 0 Å². The number of imide groups is 1. The Balaban J connectivity index is 0.000000334. The first kappa shape index (κ1) is 69.2. The van der Waals surface area contributed by atoms with E-state index >= 15 is 0 Å². The predicted molar refractivity (Wildman–Crippen MR) is 283 cm³/mol. The van der Waals surface area contributed by atoms with Crippen molar-refractivity contribution in [2.24, 2.45) is 5.73 Å². The number of amides is 3. The van der Waals surface area contributed by atoms with Crippen molar-refractivity contribution in [1.29, 1.82) is 0 Å². The molecule has 2 aromatic rings. The molecule has 5 rings (SSSR count). The summed E-state index contributed by atoms with van der Waals surface area (Å²) in [6, 6.07) is 0. The lowest BCUT2D eigenvalue weighted by atomic mass is 10.4. The number of carbonyl (C=O) groups is 4. The summed E-state index contributed by atoms with van der Waals surface area (Å²) in [6.07, 6.45) is 1.62. The van der Waals surface area contributed by atoms with Crippen molar-refractivity contribution < 1.29 is 95.6 Å². The number of hydrogen-bond acceptors (Lipinski definition) is 28. The molecular formula is C44H75N11O21S4. The zero-order valence-corrected chi connectivity index (χ0v) is 47.9. The Kier molecular flexibility index (Phi) is 32.7. The largest absolute Gasteiger partial charge is 0.533 e. The molecule has 2 aromatic heterocycles. The van der Waals surface area contributed by atoms with Gasteiger partial charge in [-0.2, -0.15) is 0 Å². The molecular weight excluding hydrogens is 1150 g/mol. The van der Waals surface area contributed by atoms with Crippen LogP contribution < -0.4 is 11.1 Å². The van der Waals surface area contributed by atoms with Crippen LogP contribution in [0.3, 0.4) is 0 Å². The molecule has 3 aliphatic heterocycles. The van der Waals surface area contributed by atoms with Gasteiger partial charge in [-0.3, -0.25) is 24.2 Å². The number of alkyl carbamates (subject to hydrolysis) is 1. The van der Waals surface area contributed by atoms with Gasteiger partial charge >= 0.3 is 12.2 Å². The van der Waals surface area contributed by atoms with E-state index in [4.69, 9.17) is 38.9 Å². The first-order valence-corrected chi connectivity index (χ1v) is 32.3. The van der Waals surface area contributed by atoms with E-state index in [2.05, 4.69) is 58.5 Å². The maximum absolute atomic E-state index is 11.5. The van der Waals surface area contributed by atoms with Gasteiger partial charge in [-0.05, 0) is 0 Å². The second-order valence-corrected chi connectivity index (χ2v) is 25.9. The van der Waals surface area contributed by atoms with Gasteiger partial charge in [0, 0.05) is 88.4 Å². The van der Waals surface area contributed by atoms with Crippen LogP contribution in [0.2, 0.25) is 0 Å². The minimum Gasteiger partial charge on any atom is -0.448 e. The lowest BCUT2D eigenvalue weighted by molar-refractivity contribution is -0.176. The normalized spacial score (nSPS) is 16.4. The van der Waals surface area contributed by atoms with E-state index in [1.54, 1.807) is 9.36 Å². The van der Waals surface area contributed by atoms with E-state index in [-0.39, 0.29) is 61.4 Å². The molecule has 80 heavy (non-hydrogen) atoms. The van der Waals surface area contributed by atoms with Crippen molar-refractivity contribution in [2.45, 2.75) is 39.0 Å². The lowest BCUT2D eigenvalue weighted by Gasteiger charge is -2.25. The number of hydroxylamine groups is 2. The van der Waals surface area contributed by atoms with Crippen LogP contribution in [-0.2, 0) is 118 Å². The van der Waals surface area contributed by atoms with Crippen molar-refractivity contribution >= 4 is 63.4 Å². The Hall–Kier alpha value is -5.12. The van der Waals surface area contributed by atoms with Gasteiger partial charge in [0.2, 0.25) is 0 Å². The molecule has 3 N–H and O–H groups in total. The molecule has 3 aliphatic rings. The minimum atomic E-state index is -3.48. The molecule has 0 spiro atoms. The maximum Gasteiger partial charge on any atom is 0.533 e. The summed E-state index contributed by atoms with van der Waals surface area (Å²) in [5, 5.41) is 20.7. The second kappa shape index (κ2) is 37.8. The molecule has 3 amide bonds. The molecule has 0 atom stereocenters. The van der Waals surface area contributed by atoms with Crippen LogP contribution in [0.5, 0.6) is 0 Å². The first-order chi connectivity index (χ1) is 38.1. The summed E-state index contributed by atoms with van der Waals surface area (Å²) < 4.78 is 135. The highest BCUT2D eigenvalue weighted by Gasteiger charge is 2.33. The Labute approximate surface area is 466 Å². The Bertz CT molecular complexity index is 2610. The number of rotatable bonds is 36. The summed E-state index contributed by atoms with van der Waals surface area (Å²) in [7, 11) is -12.6. The van der Waals surface area contributed by atoms with Crippen molar-refractivity contribution in [2.75, 3.05) is 166 Å². The summed E-state index contributed by atoms with van der Waals surface area (Å²) in [5.74, 6) is -1.24. The highest BCUT2D eigenvalue weighted by atomic mass is 32.2. The first-order valence-electron chi connectivity index (χ1n) is 25.3. The van der Waals surface area contributed by atoms with Gasteiger partial charge < -0.3 is 48.9 Å². The number of sulfone groups is 4. The van der Waals surface area contributed by atoms with E-state index in [0.717, 1.165) is 22.2 Å². The third kappa shape index (κ3) is 31.8. The molecule has 0 bridgehead atoms. The predicted octanol–water partition coefficient (Wildman–Crippen LogP) is -2.88. The fraction of sp³-hybridized carbons (Fsp3) is 0.727. The maximum atomic E-state index is 11.5. The highest BCUT2D eigenvalue weighted by Crippen LogP contribution is 2.13. The molecule has 0 radical (unpaired) electrons. The standard InChI is InChI=1S/C20H35N5O9S2.C15H29N5O5S.C9H11NO7S/c1-2-35(27,28)16-13-34-20(26)21-3-7-31-9-11-33-12-10-32-8-4-25-18-19(22-23-25)17-24-5-14-36(29,30)15-6-24;16-1-5-23-7-9-25-10-8-24-6-2-20-14-15(17-18-20)13-19-3-11-26(21,22)12-4-19;1-2-18(14,15)6-5-16-9(13)17-10-7(11)3-4-8(10)12/h2,18H,1,3-17H2,(H,21,26);14H,1-13,16H2;2H,1,3-6H2. The number of ether oxygens (including phenoxy) is 8. The third-order valence-corrected chi connectivity index (χ3v) is 16.6. The fourth-order valence-corrected chi connectivity index (χ4v) is 10.0. The molecule has 3 fully saturated rings. The SMILES string of the molecule is C=CS(=O)(=O)CCOC(=O)NCCOCCOCCOCCn1cc(CN2CCS(=O)(=O)CC2)nn1.C=CS(=O)(=O)CCOC(=O)ON1C(=O)CCC1=O.NCCOCCOCCOCCn1cc(CN2CCS(=O)(=O)CC2)nn1. The van der Waals surface area contributed by atoms with Crippen LogP contribution in [0.4, 0.5) is 9.59 Å². The van der Waals surface area contributed by atoms with Crippen LogP contribution in [-0.4, -0.2) is 269 Å². The number of nitrogens with zero attached hydrogens (tertiary/aromatic N) is 9. The monoisotopic (exact) mass is 1220 g/mol. The van der Waals surface area contributed by atoms with Crippen LogP contribution in [0, 0.1) is 0 Å². The number of carbonyl (C=O) groups excluding carboxylic acids is 4. The van der Waals surface area contributed by atoms with Gasteiger partial charge in [0.15, 0.2) is 39.3 Å². The Morgan fingerprint density at radius 1 is 0.588 bits per heavy atom. The fourth-order valence-electron chi connectivity index (χ4n) is 6.49. The topological polar surface area (TPSA) is 397 Å². The van der Waals surface area contributed by atoms with Gasteiger partial charge in [0.25, 0.3) is 11.8 Å². The van der Waals surface area contributed by atoms with Crippen molar-refractivity contribution in [3.8, 4) is 0 Å². The van der Waals surface area contributed by atoms with E-state index in [0.29, 0.717) is 137 Å². The zero-order valence-electron chi connectivity index (χ0n) is 44.7. The van der Waals surface area contributed by atoms with Crippen LogP contribution in [0.15, 0.2) is 36.4 Å². The number of aromatic nitrogens is 6. The summed E-state index contributed by atoms with van der Waals surface area (Å²) in [4.78, 5) is 53.0. The number of hydrogen-bond donors (Lipinski definition) is 2. The average molecular weight is 1220 g/mol. The molecule has 0 unspecified atom stereocenters. The quantitative estimate of drug-likeness (QED) is 0.0393. The minimum absolute atomic E-state index is 0.0308. The lowest BCUT2D eigenvalue weighted by Crippen LogP contribution is -2.39. The van der Waals surface area contributed by atoms with E-state index in [1.807, 2.05) is 12.4 Å². The average Bonchev–Trinajstić information content (AvgIpc) is 4.16. The molecule has 32 nitrogen and oxygen atoms in total. The van der Waals surface area contributed by atoms with Gasteiger partial charge in [-0.25, -0.2) is 52.6 Å². The van der Waals surface area contributed by atoms with E-state index in [1.165, 1.54) is 0 Å². The summed E-state index contributed by atoms with van der Waals surface area (Å²) >= 11 is 0. The zero-order chi connectivity index (χ0) is 58.7. The highest BCUT2D eigenvalue weighted by molar-refractivity contribution is 7.94. The summed E-state index contributed by atoms with van der Waals surface area (Å²) in [5.41, 5.74) is 6.94. The van der Waals surface area contributed by atoms with Crippen LogP contribution >= 0.6 is 0 Å². The second-order valence-electron chi connectivity index (χ2n) is 17.2. The van der Waals surface area contributed by atoms with Gasteiger partial charge in [0.05, 0.1) is 138 Å². The molecule has 456 valence electrons. The molecule has 0 aromatic carbocycles. The molecule has 5 heterocycles. The van der Waals surface area contributed by atoms with Gasteiger partial charge in [0.1, 0.15) is 13.2 Å². The Morgan fingerprint density at radius 3 is 1.39 bits per heavy atom. The Morgan fingerprint density at radius 2 is 0.975 bits per heavy atom. The van der Waals surface area contributed by atoms with Gasteiger partial charge in [-0.1, -0.05) is 28.6 Å². The molecule has 0 saturated carbocycles. The van der Waals surface area contributed by atoms with E-state index in [9.17, 15) is 52.8 Å². The van der Waals surface area contributed by atoms with Crippen molar-refractivity contribution in [1.82, 2.24) is 50.2 Å². The summed E-state index contributed by atoms with van der Waals surface area (Å²) in [6.45, 7) is 16.2. The molecule has 3 saturated heterocycles. The van der Waals surface area contributed by atoms with E-state index < -0.39 is 75.8 Å². The van der Waals surface area contributed by atoms with Crippen molar-refractivity contribution in [3.05, 3.63) is 47.8 Å². The number of nitrogens with two attached hydrogens (primary N) is 1. The van der Waals surface area contributed by atoms with Gasteiger partial charge in [-0.15, -0.1) is 10.2 Å². The van der Waals surface area contributed by atoms with Crippen LogP contribution in [0.1, 0.15) is 24.2 Å². The molecule has 0 aliphatic carbocycles. The smallest absolute Gasteiger partial charge is 0.448 e. The third-order valence-electron chi connectivity index (χ3n) is 10.9. The van der Waals surface area contributed by atoms with Crippen molar-refractivity contribution in [3.63, 3.8) is 0 Å².